The van der Waals surface area contributed by atoms with Crippen LogP contribution >= 0.6 is 0 Å². The minimum Gasteiger partial charge on any atom is -0.345 e. The Morgan fingerprint density at radius 2 is 2.10 bits per heavy atom. The number of pyridine rings is 2. The van der Waals surface area contributed by atoms with Gasteiger partial charge in [-0.05, 0) is 56.4 Å². The Labute approximate surface area is 174 Å². The fraction of sp³-hybridized carbons (Fsp3) is 0.348. The highest BCUT2D eigenvalue weighted by molar-refractivity contribution is 6.07. The van der Waals surface area contributed by atoms with E-state index in [2.05, 4.69) is 15.7 Å². The number of amides is 1. The molecule has 0 aliphatic heterocycles. The lowest BCUT2D eigenvalue weighted by molar-refractivity contribution is 0.0900. The maximum Gasteiger partial charge on any atom is 0.277 e. The van der Waals surface area contributed by atoms with Crippen molar-refractivity contribution < 1.29 is 9.18 Å². The van der Waals surface area contributed by atoms with Crippen molar-refractivity contribution >= 4 is 16.7 Å². The molecule has 1 saturated carbocycles. The lowest BCUT2D eigenvalue weighted by atomic mass is 9.77. The van der Waals surface area contributed by atoms with Crippen molar-refractivity contribution in [3.63, 3.8) is 0 Å². The highest BCUT2D eigenvalue weighted by Crippen LogP contribution is 2.38. The average Bonchev–Trinajstić information content (AvgIpc) is 2.69. The minimum absolute atomic E-state index is 0.219. The molecule has 6 nitrogen and oxygen atoms in total. The lowest BCUT2D eigenvalue weighted by Gasteiger charge is -2.35. The monoisotopic (exact) mass is 408 g/mol. The summed E-state index contributed by atoms with van der Waals surface area (Å²) in [6.07, 6.45) is 6.17. The maximum atomic E-state index is 13.9. The van der Waals surface area contributed by atoms with E-state index >= 15 is 0 Å². The number of fused-ring (bicyclic) bond motifs is 1. The lowest BCUT2D eigenvalue weighted by Crippen LogP contribution is -2.39. The molecule has 2 aromatic heterocycles. The van der Waals surface area contributed by atoms with Crippen LogP contribution < -0.4 is 16.3 Å². The summed E-state index contributed by atoms with van der Waals surface area (Å²) in [4.78, 5) is 30.5. The average molecular weight is 408 g/mol. The zero-order valence-corrected chi connectivity index (χ0v) is 17.1. The van der Waals surface area contributed by atoms with Gasteiger partial charge in [0.1, 0.15) is 5.82 Å². The molecule has 1 aliphatic rings. The number of carbonyl (C=O) groups excluding carboxylic acids is 1. The van der Waals surface area contributed by atoms with E-state index in [1.165, 1.54) is 16.8 Å². The van der Waals surface area contributed by atoms with E-state index in [1.54, 1.807) is 31.5 Å². The van der Waals surface area contributed by atoms with Crippen LogP contribution in [0.2, 0.25) is 0 Å². The zero-order valence-electron chi connectivity index (χ0n) is 17.1. The summed E-state index contributed by atoms with van der Waals surface area (Å²) in [6.45, 7) is 4.16. The molecule has 1 fully saturated rings. The highest BCUT2D eigenvalue weighted by Gasteiger charge is 2.31. The topological polar surface area (TPSA) is 76.0 Å². The highest BCUT2D eigenvalue weighted by atomic mass is 19.1. The molecule has 3 aromatic rings. The first kappa shape index (κ1) is 20.1. The van der Waals surface area contributed by atoms with Crippen LogP contribution in [0.25, 0.3) is 10.8 Å². The van der Waals surface area contributed by atoms with Crippen LogP contribution in [0, 0.1) is 18.7 Å². The van der Waals surface area contributed by atoms with Crippen molar-refractivity contribution in [1.29, 1.82) is 0 Å². The molecule has 1 aliphatic carbocycles. The van der Waals surface area contributed by atoms with E-state index in [-0.39, 0.29) is 29.2 Å². The number of nitrogens with zero attached hydrogens (tertiary/aromatic N) is 2. The van der Waals surface area contributed by atoms with Gasteiger partial charge in [0.05, 0.1) is 22.7 Å². The van der Waals surface area contributed by atoms with Gasteiger partial charge in [0, 0.05) is 24.3 Å². The molecule has 4 rings (SSSR count). The summed E-state index contributed by atoms with van der Waals surface area (Å²) < 4.78 is 15.3. The van der Waals surface area contributed by atoms with Crippen molar-refractivity contribution in [3.8, 4) is 0 Å². The van der Waals surface area contributed by atoms with Crippen LogP contribution in [0.3, 0.4) is 0 Å². The second kappa shape index (κ2) is 8.26. The number of hydrogen-bond acceptors (Lipinski definition) is 4. The van der Waals surface area contributed by atoms with Gasteiger partial charge in [0.15, 0.2) is 0 Å². The van der Waals surface area contributed by atoms with Crippen LogP contribution in [0.15, 0.2) is 47.5 Å². The van der Waals surface area contributed by atoms with Crippen LogP contribution in [-0.2, 0) is 0 Å². The first-order valence-electron chi connectivity index (χ1n) is 10.3. The van der Waals surface area contributed by atoms with Gasteiger partial charge in [-0.3, -0.25) is 14.6 Å². The molecule has 1 amide bonds. The number of halogens is 1. The Balaban J connectivity index is 1.79. The molecule has 156 valence electrons. The van der Waals surface area contributed by atoms with Crippen molar-refractivity contribution in [2.75, 3.05) is 12.0 Å². The largest absolute Gasteiger partial charge is 0.345 e. The third-order valence-corrected chi connectivity index (χ3v) is 5.88. The van der Waals surface area contributed by atoms with Crippen molar-refractivity contribution in [1.82, 2.24) is 15.0 Å². The third-order valence-electron chi connectivity index (χ3n) is 5.88. The molecular formula is C23H25FN4O2. The summed E-state index contributed by atoms with van der Waals surface area (Å²) in [5, 5.41) is 4.06. The Morgan fingerprint density at radius 3 is 2.77 bits per heavy atom. The molecule has 1 aromatic carbocycles. The fourth-order valence-electron chi connectivity index (χ4n) is 4.15. The SMILES string of the molecule is CCNn1c(C)c(C(=O)N[C@H](c2cccc(F)c2)C2CCC2)c2cnccc2c1=O. The van der Waals surface area contributed by atoms with Crippen LogP contribution in [0.4, 0.5) is 4.39 Å². The summed E-state index contributed by atoms with van der Waals surface area (Å²) in [5.41, 5.74) is 4.48. The van der Waals surface area contributed by atoms with Crippen LogP contribution in [0.1, 0.15) is 53.8 Å². The number of carbonyl (C=O) groups is 1. The van der Waals surface area contributed by atoms with E-state index in [9.17, 15) is 14.0 Å². The molecule has 0 spiro atoms. The third kappa shape index (κ3) is 3.56. The van der Waals surface area contributed by atoms with Crippen molar-refractivity contribution in [2.24, 2.45) is 5.92 Å². The van der Waals surface area contributed by atoms with Gasteiger partial charge in [-0.1, -0.05) is 18.6 Å². The summed E-state index contributed by atoms with van der Waals surface area (Å²) in [7, 11) is 0. The second-order valence-electron chi connectivity index (χ2n) is 7.73. The number of aromatic nitrogens is 2. The Bertz CT molecular complexity index is 1150. The van der Waals surface area contributed by atoms with Gasteiger partial charge >= 0.3 is 0 Å². The number of benzene rings is 1. The molecule has 7 heteroatoms. The first-order valence-corrected chi connectivity index (χ1v) is 10.3. The van der Waals surface area contributed by atoms with E-state index in [4.69, 9.17) is 0 Å². The quantitative estimate of drug-likeness (QED) is 0.652. The van der Waals surface area contributed by atoms with Crippen molar-refractivity contribution in [2.45, 2.75) is 39.2 Å². The maximum absolute atomic E-state index is 13.9. The van der Waals surface area contributed by atoms with E-state index < -0.39 is 0 Å². The predicted molar refractivity (Wildman–Crippen MR) is 115 cm³/mol. The summed E-state index contributed by atoms with van der Waals surface area (Å²) in [6, 6.07) is 7.73. The fourth-order valence-corrected chi connectivity index (χ4v) is 4.15. The number of hydrogen-bond donors (Lipinski definition) is 2. The minimum atomic E-state index is -0.322. The van der Waals surface area contributed by atoms with Crippen LogP contribution in [-0.4, -0.2) is 22.1 Å². The molecule has 2 N–H and O–H groups in total. The van der Waals surface area contributed by atoms with E-state index in [0.717, 1.165) is 24.8 Å². The first-order chi connectivity index (χ1) is 14.5. The van der Waals surface area contributed by atoms with Gasteiger partial charge < -0.3 is 10.7 Å². The Morgan fingerprint density at radius 1 is 1.30 bits per heavy atom. The molecule has 30 heavy (non-hydrogen) atoms. The molecule has 0 radical (unpaired) electrons. The van der Waals surface area contributed by atoms with Gasteiger partial charge in [-0.25, -0.2) is 9.07 Å². The standard InChI is InChI=1S/C23H25FN4O2/c1-3-26-28-14(2)20(19-13-25-11-10-18(19)23(28)30)22(29)27-21(15-6-4-7-15)16-8-5-9-17(24)12-16/h5,8-13,15,21,26H,3-4,6-7H2,1-2H3,(H,27,29)/t21-/m0/s1. The zero-order chi connectivity index (χ0) is 21.3. The molecule has 0 unspecified atom stereocenters. The van der Waals surface area contributed by atoms with Crippen molar-refractivity contribution in [3.05, 3.63) is 75.7 Å². The van der Waals surface area contributed by atoms with E-state index in [1.807, 2.05) is 13.0 Å². The Hall–Kier alpha value is -3.22. The molecular weight excluding hydrogens is 383 g/mol. The van der Waals surface area contributed by atoms with Gasteiger partial charge in [0.25, 0.3) is 11.5 Å². The molecule has 0 bridgehead atoms. The predicted octanol–water partition coefficient (Wildman–Crippen LogP) is 3.68. The summed E-state index contributed by atoms with van der Waals surface area (Å²) in [5.74, 6) is -0.351. The molecule has 1 atom stereocenters. The normalized spacial score (nSPS) is 14.9. The smallest absolute Gasteiger partial charge is 0.277 e. The van der Waals surface area contributed by atoms with Gasteiger partial charge in [-0.2, -0.15) is 0 Å². The van der Waals surface area contributed by atoms with E-state index in [0.29, 0.717) is 28.6 Å². The molecule has 0 saturated heterocycles. The summed E-state index contributed by atoms with van der Waals surface area (Å²) >= 11 is 0. The second-order valence-corrected chi connectivity index (χ2v) is 7.73. The number of nitrogens with one attached hydrogen (secondary N) is 2. The number of rotatable bonds is 6. The Kier molecular flexibility index (Phi) is 5.53. The van der Waals surface area contributed by atoms with Gasteiger partial charge in [-0.15, -0.1) is 0 Å². The van der Waals surface area contributed by atoms with Gasteiger partial charge in [0.2, 0.25) is 0 Å². The molecule has 2 heterocycles. The van der Waals surface area contributed by atoms with Crippen LogP contribution in [0.5, 0.6) is 0 Å².